The summed E-state index contributed by atoms with van der Waals surface area (Å²) in [5.74, 6) is -0.904. The summed E-state index contributed by atoms with van der Waals surface area (Å²) in [4.78, 5) is 0. The molecule has 96 valence electrons. The van der Waals surface area contributed by atoms with E-state index in [1.807, 2.05) is 0 Å². The predicted molar refractivity (Wildman–Crippen MR) is 54.8 cm³/mol. The number of aliphatic hydroxyl groups is 1. The molecule has 0 spiro atoms. The fourth-order valence-corrected chi connectivity index (χ4v) is 1.35. The Morgan fingerprint density at radius 3 is 2.47 bits per heavy atom. The van der Waals surface area contributed by atoms with E-state index in [4.69, 9.17) is 5.11 Å². The molecule has 0 aliphatic heterocycles. The Morgan fingerprint density at radius 2 is 1.88 bits per heavy atom. The van der Waals surface area contributed by atoms with Gasteiger partial charge in [-0.25, -0.2) is 4.39 Å². The molecule has 1 aromatic carbocycles. The molecular weight excluding hydrogens is 238 g/mol. The van der Waals surface area contributed by atoms with Gasteiger partial charge in [-0.1, -0.05) is 0 Å². The SMILES string of the molecule is OCCCNCc1cc(F)cc(C(F)(F)F)c1. The molecule has 0 atom stereocenters. The molecule has 0 heterocycles. The van der Waals surface area contributed by atoms with Gasteiger partial charge in [0, 0.05) is 13.2 Å². The van der Waals surface area contributed by atoms with E-state index in [0.717, 1.165) is 12.1 Å². The largest absolute Gasteiger partial charge is 0.416 e. The second-order valence-corrected chi connectivity index (χ2v) is 3.60. The maximum absolute atomic E-state index is 13.0. The molecule has 6 heteroatoms. The van der Waals surface area contributed by atoms with Crippen molar-refractivity contribution in [1.29, 1.82) is 0 Å². The molecular formula is C11H13F4NO. The molecule has 0 aliphatic carbocycles. The minimum Gasteiger partial charge on any atom is -0.396 e. The lowest BCUT2D eigenvalue weighted by Crippen LogP contribution is -2.16. The molecule has 0 aliphatic rings. The van der Waals surface area contributed by atoms with Crippen molar-refractivity contribution in [3.8, 4) is 0 Å². The van der Waals surface area contributed by atoms with Crippen molar-refractivity contribution in [2.45, 2.75) is 19.1 Å². The fourth-order valence-electron chi connectivity index (χ4n) is 1.35. The first-order valence-electron chi connectivity index (χ1n) is 5.11. The number of halogens is 4. The highest BCUT2D eigenvalue weighted by Crippen LogP contribution is 2.30. The minimum absolute atomic E-state index is 0.00392. The number of hydrogen-bond donors (Lipinski definition) is 2. The Kier molecular flexibility index (Phi) is 4.89. The standard InChI is InChI=1S/C11H13F4NO/c12-10-5-8(7-16-2-1-3-17)4-9(6-10)11(13,14)15/h4-6,16-17H,1-3,7H2. The fraction of sp³-hybridized carbons (Fsp3) is 0.455. The van der Waals surface area contributed by atoms with Crippen LogP contribution in [-0.2, 0) is 12.7 Å². The van der Waals surface area contributed by atoms with Crippen LogP contribution in [0.15, 0.2) is 18.2 Å². The quantitative estimate of drug-likeness (QED) is 0.621. The summed E-state index contributed by atoms with van der Waals surface area (Å²) in [6, 6.07) is 2.44. The molecule has 17 heavy (non-hydrogen) atoms. The van der Waals surface area contributed by atoms with Crippen molar-refractivity contribution in [1.82, 2.24) is 5.32 Å². The molecule has 0 bridgehead atoms. The lowest BCUT2D eigenvalue weighted by Gasteiger charge is -2.10. The van der Waals surface area contributed by atoms with E-state index in [2.05, 4.69) is 5.32 Å². The third kappa shape index (κ3) is 4.70. The van der Waals surface area contributed by atoms with E-state index in [9.17, 15) is 17.6 Å². The normalized spacial score (nSPS) is 11.8. The van der Waals surface area contributed by atoms with Crippen LogP contribution in [0.4, 0.5) is 17.6 Å². The van der Waals surface area contributed by atoms with Gasteiger partial charge in [-0.2, -0.15) is 13.2 Å². The molecule has 2 nitrogen and oxygen atoms in total. The molecule has 0 fully saturated rings. The van der Waals surface area contributed by atoms with Crippen LogP contribution in [0.2, 0.25) is 0 Å². The van der Waals surface area contributed by atoms with Crippen LogP contribution in [-0.4, -0.2) is 18.3 Å². The molecule has 0 aromatic heterocycles. The molecule has 0 saturated carbocycles. The highest BCUT2D eigenvalue weighted by molar-refractivity contribution is 5.26. The lowest BCUT2D eigenvalue weighted by molar-refractivity contribution is -0.137. The number of rotatable bonds is 5. The van der Waals surface area contributed by atoms with E-state index in [0.29, 0.717) is 19.0 Å². The average molecular weight is 251 g/mol. The number of nitrogens with one attached hydrogen (secondary N) is 1. The minimum atomic E-state index is -4.54. The summed E-state index contributed by atoms with van der Waals surface area (Å²) in [7, 11) is 0. The van der Waals surface area contributed by atoms with Crippen molar-refractivity contribution < 1.29 is 22.7 Å². The van der Waals surface area contributed by atoms with Crippen molar-refractivity contribution in [3.63, 3.8) is 0 Å². The number of aliphatic hydroxyl groups excluding tert-OH is 1. The monoisotopic (exact) mass is 251 g/mol. The van der Waals surface area contributed by atoms with E-state index in [1.54, 1.807) is 0 Å². The average Bonchev–Trinajstić information content (AvgIpc) is 2.22. The first-order valence-corrected chi connectivity index (χ1v) is 5.11. The van der Waals surface area contributed by atoms with Crippen LogP contribution >= 0.6 is 0 Å². The Labute approximate surface area is 96.3 Å². The van der Waals surface area contributed by atoms with Crippen molar-refractivity contribution in [2.24, 2.45) is 0 Å². The Hall–Kier alpha value is -1.14. The molecule has 1 aromatic rings. The van der Waals surface area contributed by atoms with Gasteiger partial charge in [0.05, 0.1) is 5.56 Å². The van der Waals surface area contributed by atoms with Crippen LogP contribution in [0.3, 0.4) is 0 Å². The summed E-state index contributed by atoms with van der Waals surface area (Å²) in [5, 5.41) is 11.3. The van der Waals surface area contributed by atoms with E-state index in [-0.39, 0.29) is 18.7 Å². The molecule has 1 rings (SSSR count). The molecule has 0 unspecified atom stereocenters. The zero-order chi connectivity index (χ0) is 12.9. The molecule has 0 radical (unpaired) electrons. The van der Waals surface area contributed by atoms with Gasteiger partial charge in [-0.15, -0.1) is 0 Å². The first kappa shape index (κ1) is 13.9. The van der Waals surface area contributed by atoms with Crippen molar-refractivity contribution >= 4 is 0 Å². The Bertz CT molecular complexity index is 365. The Morgan fingerprint density at radius 1 is 1.18 bits per heavy atom. The zero-order valence-corrected chi connectivity index (χ0v) is 9.02. The van der Waals surface area contributed by atoms with E-state index < -0.39 is 17.6 Å². The second-order valence-electron chi connectivity index (χ2n) is 3.60. The van der Waals surface area contributed by atoms with Crippen LogP contribution in [0.25, 0.3) is 0 Å². The summed E-state index contributed by atoms with van der Waals surface area (Å²) in [5.41, 5.74) is -0.758. The molecule has 2 N–H and O–H groups in total. The van der Waals surface area contributed by atoms with Gasteiger partial charge >= 0.3 is 6.18 Å². The van der Waals surface area contributed by atoms with Gasteiger partial charge in [0.2, 0.25) is 0 Å². The topological polar surface area (TPSA) is 32.3 Å². The van der Waals surface area contributed by atoms with Crippen LogP contribution in [0.5, 0.6) is 0 Å². The first-order chi connectivity index (χ1) is 7.93. The van der Waals surface area contributed by atoms with Crippen LogP contribution in [0.1, 0.15) is 17.5 Å². The maximum Gasteiger partial charge on any atom is 0.416 e. The van der Waals surface area contributed by atoms with Crippen molar-refractivity contribution in [2.75, 3.05) is 13.2 Å². The highest BCUT2D eigenvalue weighted by Gasteiger charge is 2.31. The van der Waals surface area contributed by atoms with Gasteiger partial charge in [0.1, 0.15) is 5.82 Å². The Balaban J connectivity index is 2.69. The predicted octanol–water partition coefficient (Wildman–Crippen LogP) is 2.32. The zero-order valence-electron chi connectivity index (χ0n) is 9.02. The smallest absolute Gasteiger partial charge is 0.396 e. The van der Waals surface area contributed by atoms with Gasteiger partial charge in [-0.3, -0.25) is 0 Å². The number of hydrogen-bond acceptors (Lipinski definition) is 2. The summed E-state index contributed by atoms with van der Waals surface area (Å²) < 4.78 is 50.1. The van der Waals surface area contributed by atoms with Crippen molar-refractivity contribution in [3.05, 3.63) is 35.1 Å². The van der Waals surface area contributed by atoms with Gasteiger partial charge in [-0.05, 0) is 36.7 Å². The third-order valence-electron chi connectivity index (χ3n) is 2.13. The summed E-state index contributed by atoms with van der Waals surface area (Å²) in [6.45, 7) is 0.610. The lowest BCUT2D eigenvalue weighted by atomic mass is 10.1. The molecule has 0 saturated heterocycles. The maximum atomic E-state index is 13.0. The summed E-state index contributed by atoms with van der Waals surface area (Å²) >= 11 is 0. The molecule has 0 amide bonds. The highest BCUT2D eigenvalue weighted by atomic mass is 19.4. The van der Waals surface area contributed by atoms with E-state index in [1.165, 1.54) is 0 Å². The third-order valence-corrected chi connectivity index (χ3v) is 2.13. The summed E-state index contributed by atoms with van der Waals surface area (Å²) in [6.07, 6.45) is -4.04. The van der Waals surface area contributed by atoms with Crippen LogP contribution in [0, 0.1) is 5.82 Å². The van der Waals surface area contributed by atoms with Gasteiger partial charge in [0.25, 0.3) is 0 Å². The number of alkyl halides is 3. The van der Waals surface area contributed by atoms with E-state index >= 15 is 0 Å². The van der Waals surface area contributed by atoms with Gasteiger partial charge in [0.15, 0.2) is 0 Å². The number of benzene rings is 1. The van der Waals surface area contributed by atoms with Crippen LogP contribution < -0.4 is 5.32 Å². The second kappa shape index (κ2) is 5.97. The van der Waals surface area contributed by atoms with Gasteiger partial charge < -0.3 is 10.4 Å².